The predicted octanol–water partition coefficient (Wildman–Crippen LogP) is 3.42. The van der Waals surface area contributed by atoms with Gasteiger partial charge in [0, 0.05) is 49.2 Å². The van der Waals surface area contributed by atoms with Crippen molar-refractivity contribution in [2.24, 2.45) is 0 Å². The number of aromatic nitrogens is 1. The van der Waals surface area contributed by atoms with E-state index in [9.17, 15) is 9.90 Å². The number of phenols is 1. The number of benzene rings is 2. The molecule has 27 heavy (non-hydrogen) atoms. The molecule has 0 atom stereocenters. The van der Waals surface area contributed by atoms with E-state index in [1.165, 1.54) is 0 Å². The van der Waals surface area contributed by atoms with Gasteiger partial charge in [-0.1, -0.05) is 30.3 Å². The van der Waals surface area contributed by atoms with Crippen LogP contribution in [0.5, 0.6) is 5.75 Å². The molecular formula is C22H21N3O2. The van der Waals surface area contributed by atoms with Crippen LogP contribution in [0.3, 0.4) is 0 Å². The van der Waals surface area contributed by atoms with Crippen molar-refractivity contribution in [3.05, 3.63) is 78.5 Å². The Morgan fingerprint density at radius 3 is 2.30 bits per heavy atom. The SMILES string of the molecule is O=C(c1ccnc(-c2ccccc2)c1)N1CCN(c2ccc(O)cc2)CC1. The zero-order chi connectivity index (χ0) is 18.6. The lowest BCUT2D eigenvalue weighted by Crippen LogP contribution is -2.48. The van der Waals surface area contributed by atoms with Crippen molar-refractivity contribution < 1.29 is 9.90 Å². The third-order valence-corrected chi connectivity index (χ3v) is 4.86. The molecule has 3 aromatic rings. The van der Waals surface area contributed by atoms with Crippen molar-refractivity contribution in [1.29, 1.82) is 0 Å². The molecule has 2 aromatic carbocycles. The van der Waals surface area contributed by atoms with E-state index >= 15 is 0 Å². The number of pyridine rings is 1. The van der Waals surface area contributed by atoms with Crippen LogP contribution in [0.2, 0.25) is 0 Å². The van der Waals surface area contributed by atoms with Crippen molar-refractivity contribution in [3.63, 3.8) is 0 Å². The fraction of sp³-hybridized carbons (Fsp3) is 0.182. The molecule has 0 radical (unpaired) electrons. The lowest BCUT2D eigenvalue weighted by Gasteiger charge is -2.36. The molecule has 1 N–H and O–H groups in total. The molecule has 1 aliphatic rings. The van der Waals surface area contributed by atoms with E-state index in [4.69, 9.17) is 0 Å². The highest BCUT2D eigenvalue weighted by molar-refractivity contribution is 5.95. The molecule has 0 unspecified atom stereocenters. The van der Waals surface area contributed by atoms with Crippen LogP contribution in [-0.4, -0.2) is 47.1 Å². The number of aromatic hydroxyl groups is 1. The highest BCUT2D eigenvalue weighted by Crippen LogP contribution is 2.21. The predicted molar refractivity (Wildman–Crippen MR) is 106 cm³/mol. The summed E-state index contributed by atoms with van der Waals surface area (Å²) < 4.78 is 0. The molecular weight excluding hydrogens is 338 g/mol. The molecule has 136 valence electrons. The average Bonchev–Trinajstić information content (AvgIpc) is 2.75. The Morgan fingerprint density at radius 2 is 1.59 bits per heavy atom. The topological polar surface area (TPSA) is 56.7 Å². The Morgan fingerprint density at radius 1 is 0.889 bits per heavy atom. The maximum Gasteiger partial charge on any atom is 0.254 e. The van der Waals surface area contributed by atoms with Crippen LogP contribution in [0.4, 0.5) is 5.69 Å². The van der Waals surface area contributed by atoms with Gasteiger partial charge in [0.25, 0.3) is 5.91 Å². The third kappa shape index (κ3) is 3.77. The van der Waals surface area contributed by atoms with Gasteiger partial charge in [-0.3, -0.25) is 9.78 Å². The summed E-state index contributed by atoms with van der Waals surface area (Å²) in [5, 5.41) is 9.42. The summed E-state index contributed by atoms with van der Waals surface area (Å²) in [4.78, 5) is 21.4. The smallest absolute Gasteiger partial charge is 0.254 e. The van der Waals surface area contributed by atoms with Gasteiger partial charge in [-0.15, -0.1) is 0 Å². The minimum absolute atomic E-state index is 0.0416. The lowest BCUT2D eigenvalue weighted by atomic mass is 10.1. The summed E-state index contributed by atoms with van der Waals surface area (Å²) in [6.45, 7) is 2.88. The van der Waals surface area contributed by atoms with E-state index in [2.05, 4.69) is 9.88 Å². The Labute approximate surface area is 158 Å². The minimum Gasteiger partial charge on any atom is -0.508 e. The van der Waals surface area contributed by atoms with Gasteiger partial charge in [0.1, 0.15) is 5.75 Å². The number of rotatable bonds is 3. The number of hydrogen-bond acceptors (Lipinski definition) is 4. The van der Waals surface area contributed by atoms with Gasteiger partial charge in [0.05, 0.1) is 5.69 Å². The number of nitrogens with zero attached hydrogens (tertiary/aromatic N) is 3. The van der Waals surface area contributed by atoms with Gasteiger partial charge in [0.2, 0.25) is 0 Å². The highest BCUT2D eigenvalue weighted by atomic mass is 16.3. The summed E-state index contributed by atoms with van der Waals surface area (Å²) in [5.41, 5.74) is 3.55. The number of phenolic OH excluding ortho intramolecular Hbond substituents is 1. The number of hydrogen-bond donors (Lipinski definition) is 1. The van der Waals surface area contributed by atoms with E-state index in [0.717, 1.165) is 30.0 Å². The molecule has 2 heterocycles. The van der Waals surface area contributed by atoms with Crippen molar-refractivity contribution in [3.8, 4) is 17.0 Å². The molecule has 1 amide bonds. The van der Waals surface area contributed by atoms with E-state index in [1.54, 1.807) is 24.4 Å². The molecule has 1 fully saturated rings. The van der Waals surface area contributed by atoms with Crippen molar-refractivity contribution >= 4 is 11.6 Å². The maximum absolute atomic E-state index is 12.9. The normalized spacial score (nSPS) is 14.2. The summed E-state index contributed by atoms with van der Waals surface area (Å²) in [5.74, 6) is 0.305. The molecule has 1 aromatic heterocycles. The van der Waals surface area contributed by atoms with Crippen molar-refractivity contribution in [2.75, 3.05) is 31.1 Å². The van der Waals surface area contributed by atoms with Gasteiger partial charge in [0.15, 0.2) is 0 Å². The van der Waals surface area contributed by atoms with E-state index in [1.807, 2.05) is 53.4 Å². The van der Waals surface area contributed by atoms with Crippen LogP contribution >= 0.6 is 0 Å². The molecule has 5 heteroatoms. The summed E-state index contributed by atoms with van der Waals surface area (Å²) in [6, 6.07) is 20.7. The second kappa shape index (κ2) is 7.50. The van der Waals surface area contributed by atoms with Crippen LogP contribution in [0, 0.1) is 0 Å². The molecule has 0 aliphatic carbocycles. The largest absolute Gasteiger partial charge is 0.508 e. The van der Waals surface area contributed by atoms with E-state index in [-0.39, 0.29) is 11.7 Å². The highest BCUT2D eigenvalue weighted by Gasteiger charge is 2.22. The molecule has 0 bridgehead atoms. The number of carbonyl (C=O) groups excluding carboxylic acids is 1. The van der Waals surface area contributed by atoms with E-state index in [0.29, 0.717) is 18.7 Å². The Balaban J connectivity index is 1.44. The molecule has 5 nitrogen and oxygen atoms in total. The third-order valence-electron chi connectivity index (χ3n) is 4.86. The number of anilines is 1. The summed E-state index contributed by atoms with van der Waals surface area (Å²) in [6.07, 6.45) is 1.70. The standard InChI is InChI=1S/C22H21N3O2/c26-20-8-6-19(7-9-20)24-12-14-25(15-13-24)22(27)18-10-11-23-21(16-18)17-4-2-1-3-5-17/h1-11,16,26H,12-15H2. The second-order valence-electron chi connectivity index (χ2n) is 6.59. The zero-order valence-electron chi connectivity index (χ0n) is 15.0. The first-order valence-corrected chi connectivity index (χ1v) is 9.05. The fourth-order valence-corrected chi connectivity index (χ4v) is 3.34. The van der Waals surface area contributed by atoms with Gasteiger partial charge in [-0.25, -0.2) is 0 Å². The van der Waals surface area contributed by atoms with Gasteiger partial charge in [-0.05, 0) is 36.4 Å². The monoisotopic (exact) mass is 359 g/mol. The Kier molecular flexibility index (Phi) is 4.75. The lowest BCUT2D eigenvalue weighted by molar-refractivity contribution is 0.0746. The van der Waals surface area contributed by atoms with Gasteiger partial charge >= 0.3 is 0 Å². The van der Waals surface area contributed by atoms with Crippen LogP contribution in [0.25, 0.3) is 11.3 Å². The maximum atomic E-state index is 12.9. The Hall–Kier alpha value is -3.34. The molecule has 0 saturated carbocycles. The first kappa shape index (κ1) is 17.1. The average molecular weight is 359 g/mol. The van der Waals surface area contributed by atoms with E-state index < -0.39 is 0 Å². The molecule has 1 saturated heterocycles. The van der Waals surface area contributed by atoms with Crippen LogP contribution in [-0.2, 0) is 0 Å². The fourth-order valence-electron chi connectivity index (χ4n) is 3.34. The zero-order valence-corrected chi connectivity index (χ0v) is 15.0. The van der Waals surface area contributed by atoms with Gasteiger partial charge in [-0.2, -0.15) is 0 Å². The van der Waals surface area contributed by atoms with Crippen LogP contribution in [0.15, 0.2) is 72.9 Å². The summed E-state index contributed by atoms with van der Waals surface area (Å²) in [7, 11) is 0. The second-order valence-corrected chi connectivity index (χ2v) is 6.59. The number of piperazine rings is 1. The number of amides is 1. The molecule has 1 aliphatic heterocycles. The number of carbonyl (C=O) groups is 1. The molecule has 4 rings (SSSR count). The van der Waals surface area contributed by atoms with Crippen molar-refractivity contribution in [2.45, 2.75) is 0 Å². The van der Waals surface area contributed by atoms with Gasteiger partial charge < -0.3 is 14.9 Å². The Bertz CT molecular complexity index is 918. The first-order valence-electron chi connectivity index (χ1n) is 9.05. The molecule has 0 spiro atoms. The first-order chi connectivity index (χ1) is 13.2. The summed E-state index contributed by atoms with van der Waals surface area (Å²) >= 11 is 0. The van der Waals surface area contributed by atoms with Crippen LogP contribution in [0.1, 0.15) is 10.4 Å². The van der Waals surface area contributed by atoms with Crippen LogP contribution < -0.4 is 4.90 Å². The quantitative estimate of drug-likeness (QED) is 0.779. The van der Waals surface area contributed by atoms with Crippen molar-refractivity contribution in [1.82, 2.24) is 9.88 Å². The minimum atomic E-state index is 0.0416.